The SMILES string of the molecule is COc1ccc(C=O)c(NC(=O)Nc2nc3ccc(OC)cc3s2)c1. The number of rotatable bonds is 5. The first-order chi connectivity index (χ1) is 12.1. The van der Waals surface area contributed by atoms with Crippen molar-refractivity contribution in [3.8, 4) is 11.5 Å². The van der Waals surface area contributed by atoms with E-state index in [2.05, 4.69) is 15.6 Å². The van der Waals surface area contributed by atoms with E-state index < -0.39 is 6.03 Å². The van der Waals surface area contributed by atoms with Gasteiger partial charge in [0.15, 0.2) is 11.4 Å². The zero-order chi connectivity index (χ0) is 17.8. The molecular weight excluding hydrogens is 342 g/mol. The Bertz CT molecular complexity index is 939. The molecule has 0 unspecified atom stereocenters. The van der Waals surface area contributed by atoms with Crippen molar-refractivity contribution in [3.05, 3.63) is 42.0 Å². The number of fused-ring (bicyclic) bond motifs is 1. The lowest BCUT2D eigenvalue weighted by atomic mass is 10.2. The van der Waals surface area contributed by atoms with Crippen LogP contribution in [-0.4, -0.2) is 31.5 Å². The highest BCUT2D eigenvalue weighted by Gasteiger charge is 2.11. The molecule has 0 aliphatic carbocycles. The third kappa shape index (κ3) is 3.69. The number of anilines is 2. The molecule has 128 valence electrons. The van der Waals surface area contributed by atoms with E-state index in [0.29, 0.717) is 28.4 Å². The van der Waals surface area contributed by atoms with E-state index >= 15 is 0 Å². The fraction of sp³-hybridized carbons (Fsp3) is 0.118. The molecule has 25 heavy (non-hydrogen) atoms. The van der Waals surface area contributed by atoms with E-state index in [1.54, 1.807) is 31.4 Å². The Morgan fingerprint density at radius 2 is 1.80 bits per heavy atom. The molecule has 1 aromatic heterocycles. The average Bonchev–Trinajstić information content (AvgIpc) is 3.02. The number of hydrogen-bond donors (Lipinski definition) is 2. The van der Waals surface area contributed by atoms with Gasteiger partial charge in [0.2, 0.25) is 0 Å². The lowest BCUT2D eigenvalue weighted by Gasteiger charge is -2.09. The molecule has 0 saturated carbocycles. The van der Waals surface area contributed by atoms with Gasteiger partial charge in [-0.2, -0.15) is 0 Å². The van der Waals surface area contributed by atoms with Gasteiger partial charge in [-0.1, -0.05) is 11.3 Å². The number of nitrogens with zero attached hydrogens (tertiary/aromatic N) is 1. The third-order valence-electron chi connectivity index (χ3n) is 3.45. The number of benzene rings is 2. The van der Waals surface area contributed by atoms with Crippen LogP contribution in [0.3, 0.4) is 0 Å². The number of thiazole rings is 1. The van der Waals surface area contributed by atoms with Gasteiger partial charge in [-0.25, -0.2) is 9.78 Å². The second-order valence-corrected chi connectivity index (χ2v) is 6.03. The molecule has 7 nitrogen and oxygen atoms in total. The molecule has 0 radical (unpaired) electrons. The second kappa shape index (κ2) is 7.18. The number of carbonyl (C=O) groups excluding carboxylic acids is 2. The number of amides is 2. The molecule has 3 aromatic rings. The Morgan fingerprint density at radius 1 is 1.08 bits per heavy atom. The molecule has 2 amide bonds. The largest absolute Gasteiger partial charge is 0.497 e. The molecule has 1 heterocycles. The van der Waals surface area contributed by atoms with E-state index in [1.165, 1.54) is 18.4 Å². The van der Waals surface area contributed by atoms with Crippen molar-refractivity contribution in [3.63, 3.8) is 0 Å². The lowest BCUT2D eigenvalue weighted by Crippen LogP contribution is -2.20. The summed E-state index contributed by atoms with van der Waals surface area (Å²) in [5.41, 5.74) is 1.47. The number of aldehydes is 1. The van der Waals surface area contributed by atoms with Crippen LogP contribution in [-0.2, 0) is 0 Å². The van der Waals surface area contributed by atoms with Crippen molar-refractivity contribution < 1.29 is 19.1 Å². The monoisotopic (exact) mass is 357 g/mol. The van der Waals surface area contributed by atoms with Crippen LogP contribution >= 0.6 is 11.3 Å². The quantitative estimate of drug-likeness (QED) is 0.679. The number of hydrogen-bond acceptors (Lipinski definition) is 6. The zero-order valence-corrected chi connectivity index (χ0v) is 14.3. The van der Waals surface area contributed by atoms with Crippen molar-refractivity contribution in [2.75, 3.05) is 24.9 Å². The standard InChI is InChI=1S/C17H15N3O4S/c1-23-11-4-3-10(9-21)14(7-11)18-16(22)20-17-19-13-6-5-12(24-2)8-15(13)25-17/h3-9H,1-2H3,(H2,18,19,20,22). The van der Waals surface area contributed by atoms with Crippen molar-refractivity contribution in [2.45, 2.75) is 0 Å². The van der Waals surface area contributed by atoms with E-state index in [4.69, 9.17) is 9.47 Å². The molecule has 8 heteroatoms. The fourth-order valence-electron chi connectivity index (χ4n) is 2.21. The first kappa shape index (κ1) is 16.7. The van der Waals surface area contributed by atoms with E-state index in [-0.39, 0.29) is 0 Å². The predicted molar refractivity (Wildman–Crippen MR) is 97.2 cm³/mol. The van der Waals surface area contributed by atoms with Crippen molar-refractivity contribution >= 4 is 44.7 Å². The van der Waals surface area contributed by atoms with E-state index in [0.717, 1.165) is 16.0 Å². The summed E-state index contributed by atoms with van der Waals surface area (Å²) in [6.45, 7) is 0. The van der Waals surface area contributed by atoms with Crippen LogP contribution < -0.4 is 20.1 Å². The Kier molecular flexibility index (Phi) is 4.80. The van der Waals surface area contributed by atoms with Gasteiger partial charge < -0.3 is 14.8 Å². The molecule has 0 atom stereocenters. The molecule has 2 aromatic carbocycles. The van der Waals surface area contributed by atoms with Crippen LogP contribution in [0.4, 0.5) is 15.6 Å². The van der Waals surface area contributed by atoms with Crippen molar-refractivity contribution in [1.29, 1.82) is 0 Å². The van der Waals surface area contributed by atoms with Gasteiger partial charge in [-0.05, 0) is 30.3 Å². The third-order valence-corrected chi connectivity index (χ3v) is 4.39. The molecule has 0 bridgehead atoms. The summed E-state index contributed by atoms with van der Waals surface area (Å²) in [5, 5.41) is 5.74. The van der Waals surface area contributed by atoms with Gasteiger partial charge in [0.1, 0.15) is 11.5 Å². The van der Waals surface area contributed by atoms with Gasteiger partial charge in [0.25, 0.3) is 0 Å². The Morgan fingerprint density at radius 3 is 2.52 bits per heavy atom. The summed E-state index contributed by atoms with van der Waals surface area (Å²) in [6.07, 6.45) is 0.666. The van der Waals surface area contributed by atoms with Crippen molar-refractivity contribution in [1.82, 2.24) is 4.98 Å². The zero-order valence-electron chi connectivity index (χ0n) is 13.5. The molecule has 3 rings (SSSR count). The van der Waals surface area contributed by atoms with Crippen LogP contribution in [0.15, 0.2) is 36.4 Å². The maximum atomic E-state index is 12.2. The molecule has 0 spiro atoms. The number of nitrogens with one attached hydrogen (secondary N) is 2. The number of aromatic nitrogens is 1. The Labute approximate surface area is 147 Å². The van der Waals surface area contributed by atoms with Gasteiger partial charge in [0, 0.05) is 11.6 Å². The Balaban J connectivity index is 1.77. The fourth-order valence-corrected chi connectivity index (χ4v) is 3.10. The first-order valence-corrected chi connectivity index (χ1v) is 8.10. The average molecular weight is 357 g/mol. The summed E-state index contributed by atoms with van der Waals surface area (Å²) >= 11 is 1.33. The van der Waals surface area contributed by atoms with E-state index in [9.17, 15) is 9.59 Å². The number of methoxy groups -OCH3 is 2. The molecule has 0 aliphatic heterocycles. The van der Waals surface area contributed by atoms with Crippen LogP contribution in [0.2, 0.25) is 0 Å². The highest BCUT2D eigenvalue weighted by molar-refractivity contribution is 7.22. The minimum absolute atomic E-state index is 0.352. The molecule has 0 saturated heterocycles. The maximum absolute atomic E-state index is 12.2. The maximum Gasteiger partial charge on any atom is 0.325 e. The van der Waals surface area contributed by atoms with Gasteiger partial charge >= 0.3 is 6.03 Å². The molecular formula is C17H15N3O4S. The van der Waals surface area contributed by atoms with Crippen molar-refractivity contribution in [2.24, 2.45) is 0 Å². The number of urea groups is 1. The van der Waals surface area contributed by atoms with Crippen LogP contribution in [0.25, 0.3) is 10.2 Å². The highest BCUT2D eigenvalue weighted by Crippen LogP contribution is 2.29. The summed E-state index contributed by atoms with van der Waals surface area (Å²) in [5.74, 6) is 1.26. The summed E-state index contributed by atoms with van der Waals surface area (Å²) < 4.78 is 11.2. The minimum atomic E-state index is -0.498. The first-order valence-electron chi connectivity index (χ1n) is 7.28. The summed E-state index contributed by atoms with van der Waals surface area (Å²) in [6, 6.07) is 9.77. The van der Waals surface area contributed by atoms with Gasteiger partial charge in [0.05, 0.1) is 30.1 Å². The van der Waals surface area contributed by atoms with Gasteiger partial charge in [-0.15, -0.1) is 0 Å². The van der Waals surface area contributed by atoms with Crippen LogP contribution in [0, 0.1) is 0 Å². The summed E-state index contributed by atoms with van der Waals surface area (Å²) in [4.78, 5) is 27.7. The molecule has 2 N–H and O–H groups in total. The number of ether oxygens (including phenoxy) is 2. The summed E-state index contributed by atoms with van der Waals surface area (Å²) in [7, 11) is 3.10. The molecule has 0 aliphatic rings. The molecule has 0 fully saturated rings. The predicted octanol–water partition coefficient (Wildman–Crippen LogP) is 3.77. The Hall–Kier alpha value is -3.13. The van der Waals surface area contributed by atoms with E-state index in [1.807, 2.05) is 12.1 Å². The number of carbonyl (C=O) groups is 2. The van der Waals surface area contributed by atoms with Crippen LogP contribution in [0.1, 0.15) is 10.4 Å². The topological polar surface area (TPSA) is 89.5 Å². The smallest absolute Gasteiger partial charge is 0.325 e. The lowest BCUT2D eigenvalue weighted by molar-refractivity contribution is 0.112. The highest BCUT2D eigenvalue weighted by atomic mass is 32.1. The van der Waals surface area contributed by atoms with Gasteiger partial charge in [-0.3, -0.25) is 10.1 Å². The second-order valence-electron chi connectivity index (χ2n) is 5.00. The minimum Gasteiger partial charge on any atom is -0.497 e. The van der Waals surface area contributed by atoms with Crippen LogP contribution in [0.5, 0.6) is 11.5 Å². The normalized spacial score (nSPS) is 10.3.